The Morgan fingerprint density at radius 1 is 1.26 bits per heavy atom. The Morgan fingerprint density at radius 2 is 2.00 bits per heavy atom. The number of aromatic nitrogens is 2. The number of ether oxygens (including phenoxy) is 1. The van der Waals surface area contributed by atoms with Crippen molar-refractivity contribution in [2.75, 3.05) is 7.11 Å². The molecule has 2 aromatic rings. The lowest BCUT2D eigenvalue weighted by atomic mass is 9.79. The molecule has 0 atom stereocenters. The Kier molecular flexibility index (Phi) is 4.37. The summed E-state index contributed by atoms with van der Waals surface area (Å²) < 4.78 is 5.54. The Balaban J connectivity index is 1.93. The molecule has 0 unspecified atom stereocenters. The van der Waals surface area contributed by atoms with Crippen LogP contribution in [0.5, 0.6) is 5.75 Å². The normalized spacial score (nSPS) is 21.1. The Labute approximate surface area is 135 Å². The van der Waals surface area contributed by atoms with E-state index in [2.05, 4.69) is 23.2 Å². The van der Waals surface area contributed by atoms with Crippen LogP contribution in [0.2, 0.25) is 0 Å². The average Bonchev–Trinajstić information content (AvgIpc) is 3.05. The number of nitrogens with zero attached hydrogens (tertiary/aromatic N) is 1. The summed E-state index contributed by atoms with van der Waals surface area (Å²) in [6.07, 6.45) is 4.82. The number of carbonyl (C=O) groups is 1. The first-order chi connectivity index (χ1) is 11.1. The topological polar surface area (TPSA) is 75.2 Å². The molecule has 1 heterocycles. The van der Waals surface area contributed by atoms with Crippen LogP contribution in [-0.2, 0) is 0 Å². The third-order valence-corrected chi connectivity index (χ3v) is 4.79. The minimum absolute atomic E-state index is 0.101. The maximum Gasteiger partial charge on any atom is 0.353 e. The summed E-state index contributed by atoms with van der Waals surface area (Å²) in [6, 6.07) is 7.55. The molecule has 0 saturated heterocycles. The fourth-order valence-corrected chi connectivity index (χ4v) is 3.36. The zero-order valence-corrected chi connectivity index (χ0v) is 13.5. The van der Waals surface area contributed by atoms with Crippen LogP contribution in [0.4, 0.5) is 0 Å². The van der Waals surface area contributed by atoms with Crippen molar-refractivity contribution in [3.63, 3.8) is 0 Å². The van der Waals surface area contributed by atoms with Crippen LogP contribution < -0.4 is 4.74 Å². The van der Waals surface area contributed by atoms with Gasteiger partial charge in [0.2, 0.25) is 0 Å². The maximum atomic E-state index is 11.0. The minimum atomic E-state index is -1.00. The van der Waals surface area contributed by atoms with E-state index in [-0.39, 0.29) is 5.69 Å². The summed E-state index contributed by atoms with van der Waals surface area (Å²) in [5.74, 6) is 1.20. The van der Waals surface area contributed by atoms with Crippen molar-refractivity contribution in [3.8, 4) is 17.0 Å². The fourth-order valence-electron chi connectivity index (χ4n) is 3.36. The number of benzene rings is 1. The van der Waals surface area contributed by atoms with Crippen LogP contribution in [0.15, 0.2) is 24.3 Å². The Bertz CT molecular complexity index is 700. The summed E-state index contributed by atoms with van der Waals surface area (Å²) in [6.45, 7) is 2.31. The van der Waals surface area contributed by atoms with E-state index in [1.165, 1.54) is 31.2 Å². The van der Waals surface area contributed by atoms with Crippen LogP contribution in [0.3, 0.4) is 0 Å². The van der Waals surface area contributed by atoms with E-state index in [4.69, 9.17) is 9.84 Å². The van der Waals surface area contributed by atoms with Gasteiger partial charge in [-0.05, 0) is 54.5 Å². The second-order valence-corrected chi connectivity index (χ2v) is 6.39. The molecule has 2 N–H and O–H groups in total. The second-order valence-electron chi connectivity index (χ2n) is 6.39. The number of aromatic carboxylic acids is 1. The molecule has 0 amide bonds. The van der Waals surface area contributed by atoms with Gasteiger partial charge in [0.15, 0.2) is 0 Å². The van der Waals surface area contributed by atoms with Gasteiger partial charge in [0, 0.05) is 5.56 Å². The van der Waals surface area contributed by atoms with Gasteiger partial charge in [0.25, 0.3) is 0 Å². The summed E-state index contributed by atoms with van der Waals surface area (Å²) in [4.78, 5) is 11.0. The monoisotopic (exact) mass is 314 g/mol. The van der Waals surface area contributed by atoms with Crippen LogP contribution in [0.1, 0.15) is 54.6 Å². The fraction of sp³-hybridized carbons (Fsp3) is 0.444. The molecule has 1 aromatic heterocycles. The molecule has 0 spiro atoms. The zero-order chi connectivity index (χ0) is 16.4. The Morgan fingerprint density at radius 3 is 2.61 bits per heavy atom. The maximum absolute atomic E-state index is 11.0. The molecule has 1 fully saturated rings. The summed E-state index contributed by atoms with van der Waals surface area (Å²) >= 11 is 0. The molecule has 23 heavy (non-hydrogen) atoms. The van der Waals surface area contributed by atoms with Gasteiger partial charge in [0.1, 0.15) is 11.4 Å². The lowest BCUT2D eigenvalue weighted by Gasteiger charge is -2.27. The third-order valence-electron chi connectivity index (χ3n) is 4.79. The highest BCUT2D eigenvalue weighted by Gasteiger charge is 2.23. The molecule has 3 rings (SSSR count). The summed E-state index contributed by atoms with van der Waals surface area (Å²) in [7, 11) is 1.70. The van der Waals surface area contributed by atoms with Gasteiger partial charge in [-0.25, -0.2) is 4.79 Å². The van der Waals surface area contributed by atoms with Gasteiger partial charge < -0.3 is 9.84 Å². The molecule has 0 bridgehead atoms. The first-order valence-corrected chi connectivity index (χ1v) is 8.05. The molecule has 1 aliphatic carbocycles. The molecule has 1 aliphatic rings. The van der Waals surface area contributed by atoms with Crippen molar-refractivity contribution in [3.05, 3.63) is 35.5 Å². The van der Waals surface area contributed by atoms with Crippen molar-refractivity contribution in [2.24, 2.45) is 5.92 Å². The van der Waals surface area contributed by atoms with E-state index in [0.717, 1.165) is 17.2 Å². The zero-order valence-electron chi connectivity index (χ0n) is 13.5. The van der Waals surface area contributed by atoms with Crippen molar-refractivity contribution in [1.29, 1.82) is 0 Å². The summed E-state index contributed by atoms with van der Waals surface area (Å²) in [5, 5.41) is 15.7. The van der Waals surface area contributed by atoms with E-state index in [0.29, 0.717) is 11.6 Å². The van der Waals surface area contributed by atoms with Crippen molar-refractivity contribution in [1.82, 2.24) is 10.2 Å². The number of hydrogen-bond donors (Lipinski definition) is 2. The minimum Gasteiger partial charge on any atom is -0.496 e. The number of nitrogens with one attached hydrogen (secondary N) is 1. The molecule has 1 aromatic carbocycles. The number of carboxylic acids is 1. The van der Waals surface area contributed by atoms with Crippen LogP contribution >= 0.6 is 0 Å². The first kappa shape index (κ1) is 15.6. The molecular weight excluding hydrogens is 292 g/mol. The molecule has 0 aliphatic heterocycles. The molecular formula is C18H22N2O3. The van der Waals surface area contributed by atoms with Crippen LogP contribution in [0, 0.1) is 5.92 Å². The molecule has 1 saturated carbocycles. The van der Waals surface area contributed by atoms with Gasteiger partial charge in [-0.2, -0.15) is 5.10 Å². The van der Waals surface area contributed by atoms with E-state index in [9.17, 15) is 4.79 Å². The van der Waals surface area contributed by atoms with Crippen molar-refractivity contribution >= 4 is 5.97 Å². The van der Waals surface area contributed by atoms with Gasteiger partial charge >= 0.3 is 5.97 Å². The highest BCUT2D eigenvalue weighted by molar-refractivity contribution is 5.86. The number of carboxylic acid groups (broad SMARTS) is 1. The van der Waals surface area contributed by atoms with Gasteiger partial charge in [-0.3, -0.25) is 5.10 Å². The van der Waals surface area contributed by atoms with Crippen LogP contribution in [0.25, 0.3) is 11.3 Å². The standard InChI is InChI=1S/C18H22N2O3/c1-11-3-5-12(6-4-11)14-9-13(7-8-17(14)23-2)15-10-16(18(21)22)20-19-15/h7-12H,3-6H2,1-2H3,(H,19,20)(H,21,22). The first-order valence-electron chi connectivity index (χ1n) is 8.05. The van der Waals surface area contributed by atoms with Crippen molar-refractivity contribution < 1.29 is 14.6 Å². The number of hydrogen-bond acceptors (Lipinski definition) is 3. The van der Waals surface area contributed by atoms with Gasteiger partial charge in [-0.1, -0.05) is 19.8 Å². The number of rotatable bonds is 4. The quantitative estimate of drug-likeness (QED) is 0.891. The molecule has 0 radical (unpaired) electrons. The van der Waals surface area contributed by atoms with E-state index >= 15 is 0 Å². The van der Waals surface area contributed by atoms with E-state index in [1.54, 1.807) is 13.2 Å². The van der Waals surface area contributed by atoms with Crippen molar-refractivity contribution in [2.45, 2.75) is 38.5 Å². The second kappa shape index (κ2) is 6.44. The lowest BCUT2D eigenvalue weighted by molar-refractivity contribution is 0.0690. The SMILES string of the molecule is COc1ccc(-c2cc(C(=O)O)[nH]n2)cc1C1CCC(C)CC1. The number of aromatic amines is 1. The summed E-state index contributed by atoms with van der Waals surface area (Å²) in [5.41, 5.74) is 2.87. The van der Waals surface area contributed by atoms with Gasteiger partial charge in [0.05, 0.1) is 12.8 Å². The van der Waals surface area contributed by atoms with E-state index in [1.807, 2.05) is 12.1 Å². The Hall–Kier alpha value is -2.30. The number of methoxy groups -OCH3 is 1. The molecule has 122 valence electrons. The number of H-pyrrole nitrogens is 1. The largest absolute Gasteiger partial charge is 0.496 e. The molecule has 5 nitrogen and oxygen atoms in total. The third kappa shape index (κ3) is 3.23. The lowest BCUT2D eigenvalue weighted by Crippen LogP contribution is -2.11. The van der Waals surface area contributed by atoms with Gasteiger partial charge in [-0.15, -0.1) is 0 Å². The van der Waals surface area contributed by atoms with E-state index < -0.39 is 5.97 Å². The average molecular weight is 314 g/mol. The van der Waals surface area contributed by atoms with Crippen LogP contribution in [-0.4, -0.2) is 28.4 Å². The highest BCUT2D eigenvalue weighted by atomic mass is 16.5. The molecule has 5 heteroatoms. The predicted octanol–water partition coefficient (Wildman–Crippen LogP) is 4.08. The highest BCUT2D eigenvalue weighted by Crippen LogP contribution is 2.40. The smallest absolute Gasteiger partial charge is 0.353 e. The predicted molar refractivity (Wildman–Crippen MR) is 87.9 cm³/mol.